The van der Waals surface area contributed by atoms with Gasteiger partial charge in [0.25, 0.3) is 0 Å². The molecule has 0 fully saturated rings. The normalized spacial score (nSPS) is 21.4. The van der Waals surface area contributed by atoms with Gasteiger partial charge in [-0.15, -0.1) is 0 Å². The van der Waals surface area contributed by atoms with Gasteiger partial charge in [-0.25, -0.2) is 0 Å². The van der Waals surface area contributed by atoms with E-state index in [0.717, 1.165) is 5.56 Å². The molecule has 0 spiro atoms. The van der Waals surface area contributed by atoms with Crippen LogP contribution >= 0.6 is 23.2 Å². The van der Waals surface area contributed by atoms with Crippen molar-refractivity contribution < 1.29 is 14.3 Å². The van der Waals surface area contributed by atoms with Crippen molar-refractivity contribution in [3.8, 4) is 0 Å². The monoisotopic (exact) mass is 300 g/mol. The number of carbonyl (C=O) groups is 2. The highest BCUT2D eigenvalue weighted by Crippen LogP contribution is 2.45. The molecule has 0 aromatic heterocycles. The highest BCUT2D eigenvalue weighted by Gasteiger charge is 2.43. The zero-order chi connectivity index (χ0) is 14.2. The minimum Gasteiger partial charge on any atom is -0.466 e. The van der Waals surface area contributed by atoms with Gasteiger partial charge in [-0.3, -0.25) is 9.59 Å². The van der Waals surface area contributed by atoms with E-state index in [-0.39, 0.29) is 29.6 Å². The molecule has 1 aromatic rings. The molecule has 1 unspecified atom stereocenters. The van der Waals surface area contributed by atoms with E-state index in [0.29, 0.717) is 17.2 Å². The molecule has 1 aromatic carbocycles. The quantitative estimate of drug-likeness (QED) is 0.798. The molecule has 1 aliphatic carbocycles. The number of hydrogen-bond acceptors (Lipinski definition) is 3. The molecule has 1 atom stereocenters. The molecule has 0 bridgehead atoms. The first-order valence-electron chi connectivity index (χ1n) is 6.06. The Hall–Kier alpha value is -1.06. The van der Waals surface area contributed by atoms with Gasteiger partial charge in [0.2, 0.25) is 0 Å². The number of halogens is 2. The Kier molecular flexibility index (Phi) is 3.88. The maximum Gasteiger partial charge on any atom is 0.306 e. The summed E-state index contributed by atoms with van der Waals surface area (Å²) in [7, 11) is 0. The smallest absolute Gasteiger partial charge is 0.306 e. The third-order valence-corrected chi connectivity index (χ3v) is 4.22. The summed E-state index contributed by atoms with van der Waals surface area (Å²) >= 11 is 12.0. The van der Waals surface area contributed by atoms with Crippen LogP contribution in [0, 0.1) is 0 Å². The lowest BCUT2D eigenvalue weighted by Gasteiger charge is -2.23. The molecule has 0 saturated heterocycles. The first-order valence-corrected chi connectivity index (χ1v) is 6.82. The van der Waals surface area contributed by atoms with E-state index in [2.05, 4.69) is 0 Å². The summed E-state index contributed by atoms with van der Waals surface area (Å²) in [5.41, 5.74) is 0.660. The highest BCUT2D eigenvalue weighted by atomic mass is 35.5. The van der Waals surface area contributed by atoms with Crippen molar-refractivity contribution in [2.45, 2.75) is 32.1 Å². The van der Waals surface area contributed by atoms with Gasteiger partial charge in [-0.1, -0.05) is 36.2 Å². The Morgan fingerprint density at radius 2 is 2.11 bits per heavy atom. The second kappa shape index (κ2) is 5.14. The number of rotatable bonds is 3. The van der Waals surface area contributed by atoms with E-state index < -0.39 is 5.41 Å². The molecular weight excluding hydrogens is 287 g/mol. The van der Waals surface area contributed by atoms with Crippen LogP contribution in [0.4, 0.5) is 0 Å². The van der Waals surface area contributed by atoms with E-state index in [1.807, 2.05) is 6.92 Å². The van der Waals surface area contributed by atoms with Crippen LogP contribution in [0.2, 0.25) is 10.0 Å². The van der Waals surface area contributed by atoms with E-state index in [9.17, 15) is 9.59 Å². The Balaban J connectivity index is 2.41. The minimum absolute atomic E-state index is 0.0747. The first-order chi connectivity index (χ1) is 8.89. The standard InChI is InChI=1S/C14H14Cl2O3/c1-3-19-11(18)7-14(2)6-10(17)12-8(14)4-5-9(15)13(12)16/h4-5H,3,6-7H2,1-2H3. The van der Waals surface area contributed by atoms with Gasteiger partial charge in [-0.2, -0.15) is 0 Å². The molecular formula is C14H14Cl2O3. The van der Waals surface area contributed by atoms with Gasteiger partial charge in [0, 0.05) is 17.4 Å². The maximum absolute atomic E-state index is 12.1. The molecule has 0 amide bonds. The van der Waals surface area contributed by atoms with Crippen molar-refractivity contribution in [2.75, 3.05) is 6.61 Å². The average Bonchev–Trinajstić information content (AvgIpc) is 2.56. The number of esters is 1. The Morgan fingerprint density at radius 1 is 1.42 bits per heavy atom. The molecule has 0 N–H and O–H groups in total. The lowest BCUT2D eigenvalue weighted by molar-refractivity contribution is -0.144. The van der Waals surface area contributed by atoms with Crippen molar-refractivity contribution in [3.63, 3.8) is 0 Å². The fourth-order valence-corrected chi connectivity index (χ4v) is 2.98. The summed E-state index contributed by atoms with van der Waals surface area (Å²) in [6.45, 7) is 3.96. The van der Waals surface area contributed by atoms with Crippen LogP contribution in [0.15, 0.2) is 12.1 Å². The van der Waals surface area contributed by atoms with Gasteiger partial charge < -0.3 is 4.74 Å². The summed E-state index contributed by atoms with van der Waals surface area (Å²) in [5, 5.41) is 0.630. The number of benzene rings is 1. The lowest BCUT2D eigenvalue weighted by atomic mass is 9.81. The fourth-order valence-electron chi connectivity index (χ4n) is 2.55. The van der Waals surface area contributed by atoms with E-state index >= 15 is 0 Å². The van der Waals surface area contributed by atoms with Gasteiger partial charge in [0.15, 0.2) is 5.78 Å². The van der Waals surface area contributed by atoms with Crippen molar-refractivity contribution in [3.05, 3.63) is 33.3 Å². The zero-order valence-corrected chi connectivity index (χ0v) is 12.3. The number of ether oxygens (including phenoxy) is 1. The highest BCUT2D eigenvalue weighted by molar-refractivity contribution is 6.44. The van der Waals surface area contributed by atoms with Gasteiger partial charge in [-0.05, 0) is 18.6 Å². The third kappa shape index (κ3) is 2.49. The number of ketones is 1. The zero-order valence-electron chi connectivity index (χ0n) is 10.8. The first kappa shape index (κ1) is 14.4. The van der Waals surface area contributed by atoms with Crippen molar-refractivity contribution in [1.82, 2.24) is 0 Å². The fraction of sp³-hybridized carbons (Fsp3) is 0.429. The molecule has 0 heterocycles. The molecule has 2 rings (SSSR count). The van der Waals surface area contributed by atoms with Crippen LogP contribution < -0.4 is 0 Å². The van der Waals surface area contributed by atoms with Crippen molar-refractivity contribution in [2.24, 2.45) is 0 Å². The van der Waals surface area contributed by atoms with Crippen LogP contribution in [-0.2, 0) is 14.9 Å². The van der Waals surface area contributed by atoms with Crippen molar-refractivity contribution >= 4 is 35.0 Å². The molecule has 102 valence electrons. The average molecular weight is 301 g/mol. The lowest BCUT2D eigenvalue weighted by Crippen LogP contribution is -2.24. The van der Waals surface area contributed by atoms with Crippen LogP contribution in [0.5, 0.6) is 0 Å². The second-order valence-corrected chi connectivity index (χ2v) is 5.71. The maximum atomic E-state index is 12.1. The predicted molar refractivity (Wildman–Crippen MR) is 74.0 cm³/mol. The van der Waals surface area contributed by atoms with Crippen molar-refractivity contribution in [1.29, 1.82) is 0 Å². The van der Waals surface area contributed by atoms with Crippen LogP contribution in [0.3, 0.4) is 0 Å². The Morgan fingerprint density at radius 3 is 2.74 bits per heavy atom. The summed E-state index contributed by atoms with van der Waals surface area (Å²) in [4.78, 5) is 23.8. The Labute approximate surface area is 121 Å². The molecule has 0 aliphatic heterocycles. The molecule has 1 aliphatic rings. The second-order valence-electron chi connectivity index (χ2n) is 4.93. The van der Waals surface area contributed by atoms with Gasteiger partial charge in [0.1, 0.15) is 0 Å². The number of fused-ring (bicyclic) bond motifs is 1. The SMILES string of the molecule is CCOC(=O)CC1(C)CC(=O)c2c1ccc(Cl)c2Cl. The summed E-state index contributed by atoms with van der Waals surface area (Å²) in [5.74, 6) is -0.383. The number of Topliss-reactive ketones (excluding diaryl/α,β-unsaturated/α-hetero) is 1. The topological polar surface area (TPSA) is 43.4 Å². The minimum atomic E-state index is -0.563. The number of hydrogen-bond donors (Lipinski definition) is 0. The van der Waals surface area contributed by atoms with E-state index in [1.54, 1.807) is 19.1 Å². The summed E-state index contributed by atoms with van der Waals surface area (Å²) < 4.78 is 4.96. The van der Waals surface area contributed by atoms with Gasteiger partial charge in [0.05, 0.1) is 23.1 Å². The molecule has 19 heavy (non-hydrogen) atoms. The van der Waals surface area contributed by atoms with Crippen LogP contribution in [0.25, 0.3) is 0 Å². The van der Waals surface area contributed by atoms with E-state index in [1.165, 1.54) is 0 Å². The van der Waals surface area contributed by atoms with Gasteiger partial charge >= 0.3 is 5.97 Å². The predicted octanol–water partition coefficient (Wildman–Crippen LogP) is 3.79. The molecule has 5 heteroatoms. The number of carbonyl (C=O) groups excluding carboxylic acids is 2. The largest absolute Gasteiger partial charge is 0.466 e. The Bertz CT molecular complexity index is 554. The molecule has 0 radical (unpaired) electrons. The van der Waals surface area contributed by atoms with Crippen LogP contribution in [-0.4, -0.2) is 18.4 Å². The summed E-state index contributed by atoms with van der Waals surface area (Å²) in [6.07, 6.45) is 0.415. The van der Waals surface area contributed by atoms with Crippen LogP contribution in [0.1, 0.15) is 42.6 Å². The molecule has 3 nitrogen and oxygen atoms in total. The van der Waals surface area contributed by atoms with E-state index in [4.69, 9.17) is 27.9 Å². The third-order valence-electron chi connectivity index (χ3n) is 3.41. The molecule has 0 saturated carbocycles. The summed E-state index contributed by atoms with van der Waals surface area (Å²) in [6, 6.07) is 3.43.